The van der Waals surface area contributed by atoms with Crippen LogP contribution in [-0.4, -0.2) is 33.3 Å². The summed E-state index contributed by atoms with van der Waals surface area (Å²) in [5, 5.41) is 17.1. The maximum absolute atomic E-state index is 12.6. The number of sulfonamides is 1. The molecule has 0 spiro atoms. The molecule has 1 unspecified atom stereocenters. The lowest BCUT2D eigenvalue weighted by Gasteiger charge is -2.25. The summed E-state index contributed by atoms with van der Waals surface area (Å²) < 4.78 is 37.5. The van der Waals surface area contributed by atoms with Crippen molar-refractivity contribution >= 4 is 33.1 Å². The van der Waals surface area contributed by atoms with Gasteiger partial charge in [-0.25, -0.2) is 17.9 Å². The second-order valence-corrected chi connectivity index (χ2v) is 8.36. The Labute approximate surface area is 165 Å². The first-order chi connectivity index (χ1) is 13.3. The van der Waals surface area contributed by atoms with Gasteiger partial charge in [0.2, 0.25) is 10.0 Å². The van der Waals surface area contributed by atoms with Crippen LogP contribution in [0.1, 0.15) is 11.3 Å². The summed E-state index contributed by atoms with van der Waals surface area (Å²) in [6.07, 6.45) is 0.752. The molecule has 0 aliphatic heterocycles. The summed E-state index contributed by atoms with van der Waals surface area (Å²) in [7, 11) is -2.69. The molecule has 8 nitrogen and oxygen atoms in total. The van der Waals surface area contributed by atoms with Crippen LogP contribution in [-0.2, 0) is 20.4 Å². The van der Waals surface area contributed by atoms with E-state index in [1.807, 2.05) is 0 Å². The molecule has 2 heterocycles. The summed E-state index contributed by atoms with van der Waals surface area (Å²) in [5.74, 6) is 0.228. The molecule has 28 heavy (non-hydrogen) atoms. The van der Waals surface area contributed by atoms with E-state index in [1.165, 1.54) is 49.0 Å². The summed E-state index contributed by atoms with van der Waals surface area (Å²) >= 11 is 1.38. The van der Waals surface area contributed by atoms with Crippen molar-refractivity contribution in [3.05, 3.63) is 70.8 Å². The number of hydrogen-bond acceptors (Lipinski definition) is 7. The van der Waals surface area contributed by atoms with E-state index in [9.17, 15) is 18.3 Å². The fraction of sp³-hybridized carbons (Fsp3) is 0.167. The Kier molecular flexibility index (Phi) is 5.84. The predicted molar refractivity (Wildman–Crippen MR) is 104 cm³/mol. The molecule has 3 N–H and O–H groups in total. The molecule has 3 aromatic rings. The Morgan fingerprint density at radius 1 is 1.25 bits per heavy atom. The van der Waals surface area contributed by atoms with Crippen LogP contribution in [0.25, 0.3) is 0 Å². The van der Waals surface area contributed by atoms with Crippen LogP contribution < -0.4 is 10.0 Å². The first-order valence-electron chi connectivity index (χ1n) is 8.09. The van der Waals surface area contributed by atoms with Crippen molar-refractivity contribution in [2.75, 3.05) is 19.0 Å². The molecule has 1 amide bonds. The quantitative estimate of drug-likeness (QED) is 0.539. The van der Waals surface area contributed by atoms with Crippen molar-refractivity contribution in [3.63, 3.8) is 0 Å². The molecule has 0 fully saturated rings. The molecule has 0 saturated heterocycles. The molecule has 0 aliphatic carbocycles. The fourth-order valence-corrected chi connectivity index (χ4v) is 4.30. The number of nitrogens with one attached hydrogen (secondary N) is 2. The highest BCUT2D eigenvalue weighted by atomic mass is 32.2. The van der Waals surface area contributed by atoms with Gasteiger partial charge in [-0.2, -0.15) is 11.3 Å². The second kappa shape index (κ2) is 8.15. The number of ether oxygens (including phenoxy) is 1. The van der Waals surface area contributed by atoms with Crippen LogP contribution >= 0.6 is 11.3 Å². The van der Waals surface area contributed by atoms with E-state index < -0.39 is 21.7 Å². The van der Waals surface area contributed by atoms with Gasteiger partial charge in [0.25, 0.3) is 0 Å². The van der Waals surface area contributed by atoms with Crippen molar-refractivity contribution in [3.8, 4) is 0 Å². The number of aliphatic hydroxyl groups is 1. The fourth-order valence-electron chi connectivity index (χ4n) is 2.51. The smallest absolute Gasteiger partial charge is 0.411 e. The third-order valence-electron chi connectivity index (χ3n) is 4.04. The highest BCUT2D eigenvalue weighted by Gasteiger charge is 2.36. The summed E-state index contributed by atoms with van der Waals surface area (Å²) in [5.41, 5.74) is -0.743. The third-order valence-corrected chi connectivity index (χ3v) is 6.14. The van der Waals surface area contributed by atoms with Crippen LogP contribution in [0.2, 0.25) is 0 Å². The lowest BCUT2D eigenvalue weighted by Crippen LogP contribution is -2.41. The molecule has 0 aliphatic rings. The number of amides is 1. The van der Waals surface area contributed by atoms with Crippen LogP contribution in [0.15, 0.2) is 68.8 Å². The number of thiophene rings is 1. The van der Waals surface area contributed by atoms with E-state index >= 15 is 0 Å². The average Bonchev–Trinajstić information content (AvgIpc) is 3.41. The molecule has 1 aromatic carbocycles. The van der Waals surface area contributed by atoms with Gasteiger partial charge in [0, 0.05) is 11.3 Å². The highest BCUT2D eigenvalue weighted by molar-refractivity contribution is 7.89. The minimum Gasteiger partial charge on any atom is -0.466 e. The Morgan fingerprint density at radius 3 is 2.57 bits per heavy atom. The van der Waals surface area contributed by atoms with Crippen molar-refractivity contribution < 1.29 is 27.5 Å². The molecule has 3 rings (SSSR count). The third kappa shape index (κ3) is 4.25. The van der Waals surface area contributed by atoms with Gasteiger partial charge in [-0.1, -0.05) is 0 Å². The maximum atomic E-state index is 12.6. The number of hydrogen-bond donors (Lipinski definition) is 3. The normalized spacial score (nSPS) is 13.6. The second-order valence-electron chi connectivity index (χ2n) is 5.82. The molecule has 10 heteroatoms. The molecule has 0 bridgehead atoms. The van der Waals surface area contributed by atoms with Crippen LogP contribution in [0.4, 0.5) is 10.5 Å². The highest BCUT2D eigenvalue weighted by Crippen LogP contribution is 2.31. The minimum absolute atomic E-state index is 0.0185. The largest absolute Gasteiger partial charge is 0.466 e. The van der Waals surface area contributed by atoms with Crippen molar-refractivity contribution in [2.24, 2.45) is 0 Å². The molecular weight excluding hydrogens is 404 g/mol. The molecular formula is C18H18N2O6S2. The lowest BCUT2D eigenvalue weighted by atomic mass is 9.94. The summed E-state index contributed by atoms with van der Waals surface area (Å²) in [6, 6.07) is 10.4. The Balaban J connectivity index is 1.79. The van der Waals surface area contributed by atoms with E-state index in [2.05, 4.69) is 14.8 Å². The molecule has 0 radical (unpaired) electrons. The SMILES string of the molecule is COC(=O)Nc1ccc(S(=O)(=O)NCC(O)(c2ccsc2)c2ccco2)cc1. The standard InChI is InChI=1S/C18H18N2O6S2/c1-25-17(21)20-14-4-6-15(7-5-14)28(23,24)19-12-18(22,13-8-10-27-11-13)16-3-2-9-26-16/h2-11,19,22H,12H2,1H3,(H,20,21). The Hall–Kier alpha value is -2.66. The maximum Gasteiger partial charge on any atom is 0.411 e. The zero-order valence-electron chi connectivity index (χ0n) is 14.8. The van der Waals surface area contributed by atoms with Gasteiger partial charge in [-0.15, -0.1) is 0 Å². The van der Waals surface area contributed by atoms with Crippen molar-refractivity contribution in [1.82, 2.24) is 4.72 Å². The Bertz CT molecular complexity index is 978. The number of rotatable bonds is 7. The van der Waals surface area contributed by atoms with Crippen molar-refractivity contribution in [2.45, 2.75) is 10.5 Å². The molecule has 0 saturated carbocycles. The topological polar surface area (TPSA) is 118 Å². The number of methoxy groups -OCH3 is 1. The van der Waals surface area contributed by atoms with Gasteiger partial charge in [0.1, 0.15) is 5.76 Å². The van der Waals surface area contributed by atoms with Gasteiger partial charge < -0.3 is 14.3 Å². The van der Waals surface area contributed by atoms with Crippen molar-refractivity contribution in [1.29, 1.82) is 0 Å². The first-order valence-corrected chi connectivity index (χ1v) is 10.5. The van der Waals surface area contributed by atoms with Crippen LogP contribution in [0.3, 0.4) is 0 Å². The number of furan rings is 1. The van der Waals surface area contributed by atoms with Gasteiger partial charge in [-0.05, 0) is 53.2 Å². The van der Waals surface area contributed by atoms with Gasteiger partial charge in [0.15, 0.2) is 5.60 Å². The van der Waals surface area contributed by atoms with E-state index in [1.54, 1.807) is 29.0 Å². The van der Waals surface area contributed by atoms with Gasteiger partial charge in [0.05, 0.1) is 24.8 Å². The van der Waals surface area contributed by atoms with Crippen LogP contribution in [0, 0.1) is 0 Å². The molecule has 148 valence electrons. The van der Waals surface area contributed by atoms with E-state index in [0.717, 1.165) is 0 Å². The molecule has 1 atom stereocenters. The van der Waals surface area contributed by atoms with E-state index in [4.69, 9.17) is 4.42 Å². The monoisotopic (exact) mass is 422 g/mol. The summed E-state index contributed by atoms with van der Waals surface area (Å²) in [6.45, 7) is -0.318. The predicted octanol–water partition coefficient (Wildman–Crippen LogP) is 2.73. The minimum atomic E-state index is -3.92. The van der Waals surface area contributed by atoms with Gasteiger partial charge in [-0.3, -0.25) is 5.32 Å². The molecule has 2 aromatic heterocycles. The summed E-state index contributed by atoms with van der Waals surface area (Å²) in [4.78, 5) is 11.2. The average molecular weight is 422 g/mol. The zero-order valence-corrected chi connectivity index (χ0v) is 16.4. The Morgan fingerprint density at radius 2 is 2.00 bits per heavy atom. The first kappa shape index (κ1) is 20.1. The van der Waals surface area contributed by atoms with Gasteiger partial charge >= 0.3 is 6.09 Å². The van der Waals surface area contributed by atoms with E-state index in [-0.39, 0.29) is 17.2 Å². The number of carbonyl (C=O) groups excluding carboxylic acids is 1. The number of anilines is 1. The number of carbonyl (C=O) groups is 1. The zero-order chi connectivity index (χ0) is 20.2. The van der Waals surface area contributed by atoms with E-state index in [0.29, 0.717) is 11.3 Å². The number of benzene rings is 1. The van der Waals surface area contributed by atoms with Crippen LogP contribution in [0.5, 0.6) is 0 Å². The lowest BCUT2D eigenvalue weighted by molar-refractivity contribution is 0.0623.